The van der Waals surface area contributed by atoms with Crippen LogP contribution in [0.1, 0.15) is 20.8 Å². The van der Waals surface area contributed by atoms with Crippen molar-refractivity contribution >= 4 is 5.78 Å². The summed E-state index contributed by atoms with van der Waals surface area (Å²) in [6.07, 6.45) is 3.61. The van der Waals surface area contributed by atoms with E-state index in [9.17, 15) is 4.79 Å². The molecule has 0 aliphatic carbocycles. The van der Waals surface area contributed by atoms with E-state index in [1.165, 1.54) is 0 Å². The van der Waals surface area contributed by atoms with Gasteiger partial charge in [-0.2, -0.15) is 5.10 Å². The predicted molar refractivity (Wildman–Crippen MR) is 51.2 cm³/mol. The van der Waals surface area contributed by atoms with E-state index < -0.39 is 0 Å². The van der Waals surface area contributed by atoms with Crippen LogP contribution in [0.2, 0.25) is 0 Å². The molecule has 0 spiro atoms. The van der Waals surface area contributed by atoms with Crippen molar-refractivity contribution in [1.82, 2.24) is 9.78 Å². The number of hydrogen-bond acceptors (Lipinski definition) is 2. The second kappa shape index (κ2) is 4.21. The highest BCUT2D eigenvalue weighted by Gasteiger charge is 2.16. The number of hydrogen-bond donors (Lipinski definition) is 0. The van der Waals surface area contributed by atoms with Crippen molar-refractivity contribution in [2.45, 2.75) is 27.3 Å². The SMILES string of the molecule is CC(C)C(=O)C(C)Cn1cccn1. The zero-order valence-corrected chi connectivity index (χ0v) is 8.40. The van der Waals surface area contributed by atoms with Gasteiger partial charge in [-0.15, -0.1) is 0 Å². The van der Waals surface area contributed by atoms with Crippen molar-refractivity contribution in [3.8, 4) is 0 Å². The van der Waals surface area contributed by atoms with E-state index >= 15 is 0 Å². The number of aromatic nitrogens is 2. The van der Waals surface area contributed by atoms with Gasteiger partial charge in [-0.25, -0.2) is 0 Å². The Labute approximate surface area is 78.8 Å². The Hall–Kier alpha value is -1.12. The summed E-state index contributed by atoms with van der Waals surface area (Å²) in [6, 6.07) is 1.87. The largest absolute Gasteiger partial charge is 0.299 e. The van der Waals surface area contributed by atoms with Crippen LogP contribution in [-0.2, 0) is 11.3 Å². The Morgan fingerprint density at radius 2 is 2.15 bits per heavy atom. The molecule has 1 heterocycles. The van der Waals surface area contributed by atoms with Crippen molar-refractivity contribution in [2.24, 2.45) is 11.8 Å². The number of rotatable bonds is 4. The average molecular weight is 180 g/mol. The second-order valence-electron chi connectivity index (χ2n) is 3.69. The summed E-state index contributed by atoms with van der Waals surface area (Å²) in [5.41, 5.74) is 0. The summed E-state index contributed by atoms with van der Waals surface area (Å²) in [6.45, 7) is 6.50. The molecular formula is C10H16N2O. The van der Waals surface area contributed by atoms with Gasteiger partial charge in [0.2, 0.25) is 0 Å². The molecule has 0 amide bonds. The monoisotopic (exact) mass is 180 g/mol. The van der Waals surface area contributed by atoms with Gasteiger partial charge in [-0.3, -0.25) is 9.48 Å². The Balaban J connectivity index is 2.51. The summed E-state index contributed by atoms with van der Waals surface area (Å²) in [4.78, 5) is 11.5. The summed E-state index contributed by atoms with van der Waals surface area (Å²) in [7, 11) is 0. The van der Waals surface area contributed by atoms with Crippen molar-refractivity contribution in [3.63, 3.8) is 0 Å². The molecule has 1 rings (SSSR count). The fraction of sp³-hybridized carbons (Fsp3) is 0.600. The summed E-state index contributed by atoms with van der Waals surface area (Å²) >= 11 is 0. The molecule has 3 nitrogen and oxygen atoms in total. The molecule has 0 bridgehead atoms. The molecule has 0 radical (unpaired) electrons. The van der Waals surface area contributed by atoms with Crippen LogP contribution in [0.25, 0.3) is 0 Å². The van der Waals surface area contributed by atoms with Crippen molar-refractivity contribution in [1.29, 1.82) is 0 Å². The molecule has 1 atom stereocenters. The summed E-state index contributed by atoms with van der Waals surface area (Å²) in [5.74, 6) is 0.473. The van der Waals surface area contributed by atoms with Crippen molar-refractivity contribution in [3.05, 3.63) is 18.5 Å². The first-order chi connectivity index (χ1) is 6.11. The van der Waals surface area contributed by atoms with E-state index in [4.69, 9.17) is 0 Å². The molecule has 1 aromatic heterocycles. The van der Waals surface area contributed by atoms with Crippen molar-refractivity contribution in [2.75, 3.05) is 0 Å². The third kappa shape index (κ3) is 2.68. The Kier molecular flexibility index (Phi) is 3.23. The average Bonchev–Trinajstić information content (AvgIpc) is 2.55. The van der Waals surface area contributed by atoms with E-state index in [2.05, 4.69) is 5.10 Å². The highest BCUT2D eigenvalue weighted by Crippen LogP contribution is 2.08. The summed E-state index contributed by atoms with van der Waals surface area (Å²) in [5, 5.41) is 4.06. The zero-order chi connectivity index (χ0) is 9.84. The number of nitrogens with zero attached hydrogens (tertiary/aromatic N) is 2. The number of ketones is 1. The lowest BCUT2D eigenvalue weighted by molar-refractivity contribution is -0.125. The Bertz CT molecular complexity index is 264. The van der Waals surface area contributed by atoms with Gasteiger partial charge < -0.3 is 0 Å². The molecular weight excluding hydrogens is 164 g/mol. The summed E-state index contributed by atoms with van der Waals surface area (Å²) < 4.78 is 1.80. The highest BCUT2D eigenvalue weighted by molar-refractivity contribution is 5.82. The van der Waals surface area contributed by atoms with Gasteiger partial charge in [-0.05, 0) is 6.07 Å². The highest BCUT2D eigenvalue weighted by atomic mass is 16.1. The van der Waals surface area contributed by atoms with Crippen LogP contribution in [-0.4, -0.2) is 15.6 Å². The van der Waals surface area contributed by atoms with E-state index in [-0.39, 0.29) is 11.8 Å². The minimum absolute atomic E-state index is 0.0555. The molecule has 0 saturated carbocycles. The van der Waals surface area contributed by atoms with Gasteiger partial charge in [-0.1, -0.05) is 20.8 Å². The molecule has 1 unspecified atom stereocenters. The van der Waals surface area contributed by atoms with Crippen LogP contribution in [0.15, 0.2) is 18.5 Å². The third-order valence-electron chi connectivity index (χ3n) is 2.07. The van der Waals surface area contributed by atoms with Crippen LogP contribution in [0.3, 0.4) is 0 Å². The van der Waals surface area contributed by atoms with E-state index in [1.54, 1.807) is 10.9 Å². The van der Waals surface area contributed by atoms with Crippen LogP contribution < -0.4 is 0 Å². The van der Waals surface area contributed by atoms with Gasteiger partial charge in [0.05, 0.1) is 6.54 Å². The number of carbonyl (C=O) groups is 1. The fourth-order valence-electron chi connectivity index (χ4n) is 1.35. The molecule has 0 saturated heterocycles. The number of carbonyl (C=O) groups excluding carboxylic acids is 1. The maximum Gasteiger partial charge on any atom is 0.140 e. The van der Waals surface area contributed by atoms with Gasteiger partial charge >= 0.3 is 0 Å². The van der Waals surface area contributed by atoms with Crippen LogP contribution in [0.5, 0.6) is 0 Å². The molecule has 0 fully saturated rings. The smallest absolute Gasteiger partial charge is 0.140 e. The normalized spacial score (nSPS) is 13.2. The van der Waals surface area contributed by atoms with Gasteiger partial charge in [0.15, 0.2) is 0 Å². The lowest BCUT2D eigenvalue weighted by Crippen LogP contribution is -2.21. The molecule has 0 aliphatic heterocycles. The van der Waals surface area contributed by atoms with Crippen LogP contribution >= 0.6 is 0 Å². The lowest BCUT2D eigenvalue weighted by Gasteiger charge is -2.12. The molecule has 0 N–H and O–H groups in total. The molecule has 1 aromatic rings. The fourth-order valence-corrected chi connectivity index (χ4v) is 1.35. The maximum atomic E-state index is 11.5. The Morgan fingerprint density at radius 1 is 1.46 bits per heavy atom. The van der Waals surface area contributed by atoms with Gasteiger partial charge in [0.1, 0.15) is 5.78 Å². The quantitative estimate of drug-likeness (QED) is 0.707. The van der Waals surface area contributed by atoms with Gasteiger partial charge in [0, 0.05) is 24.2 Å². The van der Waals surface area contributed by atoms with E-state index in [0.717, 1.165) is 0 Å². The topological polar surface area (TPSA) is 34.9 Å². The predicted octanol–water partition coefficient (Wildman–Crippen LogP) is 1.74. The maximum absolute atomic E-state index is 11.5. The minimum Gasteiger partial charge on any atom is -0.299 e. The molecule has 72 valence electrons. The van der Waals surface area contributed by atoms with Crippen LogP contribution in [0.4, 0.5) is 0 Å². The van der Waals surface area contributed by atoms with Crippen LogP contribution in [0, 0.1) is 11.8 Å². The Morgan fingerprint density at radius 3 is 2.62 bits per heavy atom. The standard InChI is InChI=1S/C10H16N2O/c1-8(2)10(13)9(3)7-12-6-4-5-11-12/h4-6,8-9H,7H2,1-3H3. The minimum atomic E-state index is 0.0555. The van der Waals surface area contributed by atoms with E-state index in [1.807, 2.05) is 33.0 Å². The first-order valence-corrected chi connectivity index (χ1v) is 4.62. The first kappa shape index (κ1) is 9.96. The molecule has 3 heteroatoms. The third-order valence-corrected chi connectivity index (χ3v) is 2.07. The van der Waals surface area contributed by atoms with E-state index in [0.29, 0.717) is 12.3 Å². The second-order valence-corrected chi connectivity index (χ2v) is 3.69. The number of Topliss-reactive ketones (excluding diaryl/α,β-unsaturated/α-hetero) is 1. The van der Waals surface area contributed by atoms with Gasteiger partial charge in [0.25, 0.3) is 0 Å². The van der Waals surface area contributed by atoms with Crippen molar-refractivity contribution < 1.29 is 4.79 Å². The molecule has 0 aliphatic rings. The molecule has 13 heavy (non-hydrogen) atoms. The lowest BCUT2D eigenvalue weighted by atomic mass is 9.97. The molecule has 0 aromatic carbocycles. The zero-order valence-electron chi connectivity index (χ0n) is 8.40. The first-order valence-electron chi connectivity index (χ1n) is 4.62.